The van der Waals surface area contributed by atoms with Crippen molar-refractivity contribution in [3.63, 3.8) is 0 Å². The van der Waals surface area contributed by atoms with Crippen molar-refractivity contribution in [2.45, 2.75) is 69.6 Å². The van der Waals surface area contributed by atoms with E-state index in [9.17, 15) is 26.4 Å². The zero-order valence-electron chi connectivity index (χ0n) is 17.9. The highest BCUT2D eigenvalue weighted by atomic mass is 32.2. The molecule has 0 N–H and O–H groups in total. The average molecular weight is 463 g/mol. The molecule has 4 unspecified atom stereocenters. The average Bonchev–Trinajstić information content (AvgIpc) is 2.67. The van der Waals surface area contributed by atoms with Crippen molar-refractivity contribution >= 4 is 16.1 Å². The second kappa shape index (κ2) is 9.73. The van der Waals surface area contributed by atoms with Crippen LogP contribution in [0.25, 0.3) is 0 Å². The largest absolute Gasteiger partial charge is 0.523 e. The summed E-state index contributed by atoms with van der Waals surface area (Å²) in [4.78, 5) is 12.7. The lowest BCUT2D eigenvalue weighted by atomic mass is 9.64. The number of rotatable bonds is 8. The molecule has 0 amide bonds. The van der Waals surface area contributed by atoms with Crippen LogP contribution in [-0.2, 0) is 29.2 Å². The van der Waals surface area contributed by atoms with Crippen LogP contribution in [0.15, 0.2) is 43.0 Å². The summed E-state index contributed by atoms with van der Waals surface area (Å²) in [5.41, 5.74) is -4.96. The molecule has 1 saturated carbocycles. The molecule has 0 spiro atoms. The van der Waals surface area contributed by atoms with Gasteiger partial charge in [-0.1, -0.05) is 63.6 Å². The summed E-state index contributed by atoms with van der Waals surface area (Å²) in [7, 11) is -5.95. The van der Waals surface area contributed by atoms with Gasteiger partial charge in [0, 0.05) is 12.3 Å². The van der Waals surface area contributed by atoms with E-state index < -0.39 is 40.2 Å². The van der Waals surface area contributed by atoms with Crippen molar-refractivity contribution < 1.29 is 35.3 Å². The topological polar surface area (TPSA) is 69.7 Å². The highest BCUT2D eigenvalue weighted by Gasteiger charge is 2.50. The van der Waals surface area contributed by atoms with Crippen molar-refractivity contribution in [2.75, 3.05) is 0 Å². The molecule has 1 aliphatic rings. The molecule has 1 aromatic carbocycles. The number of carbonyl (C=O) groups is 1. The van der Waals surface area contributed by atoms with Crippen molar-refractivity contribution in [1.29, 1.82) is 0 Å². The minimum atomic E-state index is -5.95. The molecule has 2 rings (SSSR count). The van der Waals surface area contributed by atoms with Gasteiger partial charge in [0.2, 0.25) is 0 Å². The van der Waals surface area contributed by atoms with Crippen LogP contribution in [0, 0.1) is 11.8 Å². The maximum atomic E-state index is 12.7. The van der Waals surface area contributed by atoms with E-state index in [0.717, 1.165) is 24.5 Å². The Labute approximate surface area is 181 Å². The standard InChI is InChI=1S/C22H29F3O5S/c1-5-9-18(30-31(27,28)22(23,24)25)20(26)29-19-14-15(2)12-13-17(19)21(3,4)16-10-7-6-8-11-16/h5-8,10-11,15,17-19H,1,9,12-14H2,2-4H3. The molecule has 0 saturated heterocycles. The maximum absolute atomic E-state index is 12.7. The number of alkyl halides is 3. The normalized spacial score (nSPS) is 23.7. The molecule has 0 radical (unpaired) electrons. The van der Waals surface area contributed by atoms with Gasteiger partial charge in [0.05, 0.1) is 0 Å². The Kier molecular flexibility index (Phi) is 7.97. The van der Waals surface area contributed by atoms with Crippen LogP contribution in [0.4, 0.5) is 13.2 Å². The summed E-state index contributed by atoms with van der Waals surface area (Å²) in [6.07, 6.45) is 0.367. The first-order chi connectivity index (χ1) is 14.3. The van der Waals surface area contributed by atoms with Gasteiger partial charge in [-0.3, -0.25) is 0 Å². The Morgan fingerprint density at radius 1 is 1.23 bits per heavy atom. The maximum Gasteiger partial charge on any atom is 0.523 e. The lowest BCUT2D eigenvalue weighted by Gasteiger charge is -2.44. The minimum absolute atomic E-state index is 0.0985. The van der Waals surface area contributed by atoms with E-state index in [0.29, 0.717) is 6.42 Å². The van der Waals surface area contributed by atoms with Gasteiger partial charge in [-0.2, -0.15) is 21.6 Å². The van der Waals surface area contributed by atoms with Crippen LogP contribution in [-0.4, -0.2) is 32.1 Å². The molecule has 0 aromatic heterocycles. The molecule has 1 fully saturated rings. The van der Waals surface area contributed by atoms with Crippen LogP contribution in [0.2, 0.25) is 0 Å². The van der Waals surface area contributed by atoms with Gasteiger partial charge in [-0.05, 0) is 29.7 Å². The van der Waals surface area contributed by atoms with Crippen LogP contribution in [0.1, 0.15) is 52.0 Å². The fourth-order valence-electron chi connectivity index (χ4n) is 4.12. The molecule has 4 atom stereocenters. The number of hydrogen-bond donors (Lipinski definition) is 0. The third-order valence-corrected chi connectivity index (χ3v) is 6.99. The van der Waals surface area contributed by atoms with Crippen molar-refractivity contribution in [3.8, 4) is 0 Å². The SMILES string of the molecule is C=CCC(OS(=O)(=O)C(F)(F)F)C(=O)OC1CC(C)CCC1C(C)(C)c1ccccc1. The van der Waals surface area contributed by atoms with Crippen LogP contribution >= 0.6 is 0 Å². The van der Waals surface area contributed by atoms with Crippen LogP contribution in [0.3, 0.4) is 0 Å². The minimum Gasteiger partial charge on any atom is -0.460 e. The van der Waals surface area contributed by atoms with E-state index >= 15 is 0 Å². The highest BCUT2D eigenvalue weighted by molar-refractivity contribution is 7.87. The summed E-state index contributed by atoms with van der Waals surface area (Å²) < 4.78 is 70.8. The molecular weight excluding hydrogens is 433 g/mol. The van der Waals surface area contributed by atoms with Crippen molar-refractivity contribution in [2.24, 2.45) is 11.8 Å². The Balaban J connectivity index is 2.26. The Morgan fingerprint density at radius 2 is 1.84 bits per heavy atom. The van der Waals surface area contributed by atoms with Gasteiger partial charge in [0.25, 0.3) is 0 Å². The van der Waals surface area contributed by atoms with Gasteiger partial charge in [0.1, 0.15) is 6.10 Å². The van der Waals surface area contributed by atoms with Crippen LogP contribution in [0.5, 0.6) is 0 Å². The summed E-state index contributed by atoms with van der Waals surface area (Å²) in [6, 6.07) is 9.70. The smallest absolute Gasteiger partial charge is 0.460 e. The predicted molar refractivity (Wildman–Crippen MR) is 111 cm³/mol. The highest BCUT2D eigenvalue weighted by Crippen LogP contribution is 2.43. The van der Waals surface area contributed by atoms with Gasteiger partial charge in [-0.15, -0.1) is 6.58 Å². The number of carbonyl (C=O) groups excluding carboxylic acids is 1. The van der Waals surface area contributed by atoms with Crippen molar-refractivity contribution in [3.05, 3.63) is 48.6 Å². The second-order valence-electron chi connectivity index (χ2n) is 8.60. The quantitative estimate of drug-likeness (QED) is 0.232. The Hall–Kier alpha value is -1.87. The van der Waals surface area contributed by atoms with Gasteiger partial charge in [-0.25, -0.2) is 8.98 Å². The summed E-state index contributed by atoms with van der Waals surface area (Å²) >= 11 is 0. The van der Waals surface area contributed by atoms with E-state index in [2.05, 4.69) is 10.8 Å². The number of esters is 1. The van der Waals surface area contributed by atoms with E-state index in [1.807, 2.05) is 51.1 Å². The van der Waals surface area contributed by atoms with E-state index in [4.69, 9.17) is 4.74 Å². The predicted octanol–water partition coefficient (Wildman–Crippen LogP) is 5.12. The number of halogens is 3. The molecule has 174 valence electrons. The third kappa shape index (κ3) is 6.10. The molecule has 31 heavy (non-hydrogen) atoms. The molecule has 0 bridgehead atoms. The zero-order chi connectivity index (χ0) is 23.4. The molecule has 1 aliphatic carbocycles. The molecule has 5 nitrogen and oxygen atoms in total. The first kappa shape index (κ1) is 25.4. The Morgan fingerprint density at radius 3 is 2.39 bits per heavy atom. The van der Waals surface area contributed by atoms with Crippen LogP contribution < -0.4 is 0 Å². The summed E-state index contributed by atoms with van der Waals surface area (Å²) in [5, 5.41) is 0. The number of benzene rings is 1. The summed E-state index contributed by atoms with van der Waals surface area (Å²) in [6.45, 7) is 9.45. The number of ether oxygens (including phenoxy) is 1. The molecule has 0 aliphatic heterocycles. The van der Waals surface area contributed by atoms with Gasteiger partial charge >= 0.3 is 21.6 Å². The zero-order valence-corrected chi connectivity index (χ0v) is 18.7. The second-order valence-corrected chi connectivity index (χ2v) is 10.2. The first-order valence-corrected chi connectivity index (χ1v) is 11.6. The van der Waals surface area contributed by atoms with E-state index in [1.165, 1.54) is 0 Å². The lowest BCUT2D eigenvalue weighted by molar-refractivity contribution is -0.165. The van der Waals surface area contributed by atoms with Gasteiger partial charge < -0.3 is 4.74 Å². The fraction of sp³-hybridized carbons (Fsp3) is 0.591. The third-order valence-electron chi connectivity index (χ3n) is 5.94. The molecule has 9 heteroatoms. The van der Waals surface area contributed by atoms with Crippen molar-refractivity contribution in [1.82, 2.24) is 0 Å². The number of hydrogen-bond acceptors (Lipinski definition) is 5. The van der Waals surface area contributed by atoms with E-state index in [1.54, 1.807) is 0 Å². The van der Waals surface area contributed by atoms with Gasteiger partial charge in [0.15, 0.2) is 6.10 Å². The lowest BCUT2D eigenvalue weighted by Crippen LogP contribution is -2.45. The first-order valence-electron chi connectivity index (χ1n) is 10.2. The monoisotopic (exact) mass is 462 g/mol. The summed E-state index contributed by atoms with van der Waals surface area (Å²) in [5.74, 6) is -0.988. The van der Waals surface area contributed by atoms with E-state index in [-0.39, 0.29) is 17.3 Å². The Bertz CT molecular complexity index is 865. The molecule has 1 aromatic rings. The fourth-order valence-corrected chi connectivity index (χ4v) is 4.70. The molecular formula is C22H29F3O5S. The molecule has 0 heterocycles.